The van der Waals surface area contributed by atoms with Crippen LogP contribution in [0.2, 0.25) is 0 Å². The Bertz CT molecular complexity index is 253. The quantitative estimate of drug-likeness (QED) is 0.623. The van der Waals surface area contributed by atoms with Crippen LogP contribution in [0.1, 0.15) is 17.0 Å². The lowest BCUT2D eigenvalue weighted by atomic mass is 10.1. The van der Waals surface area contributed by atoms with Crippen molar-refractivity contribution in [2.45, 2.75) is 20.3 Å². The molecule has 0 aliphatic heterocycles. The summed E-state index contributed by atoms with van der Waals surface area (Å²) < 4.78 is 1.90. The predicted molar refractivity (Wildman–Crippen MR) is 47.1 cm³/mol. The first kappa shape index (κ1) is 8.60. The van der Waals surface area contributed by atoms with Crippen LogP contribution in [-0.4, -0.2) is 15.7 Å². The fraction of sp³-hybridized carbons (Fsp3) is 0.625. The van der Waals surface area contributed by atoms with E-state index >= 15 is 0 Å². The van der Waals surface area contributed by atoms with E-state index in [9.17, 15) is 0 Å². The minimum atomic E-state index is 0.674. The van der Waals surface area contributed by atoms with Crippen molar-refractivity contribution in [3.63, 3.8) is 0 Å². The summed E-state index contributed by atoms with van der Waals surface area (Å²) in [5.74, 6) is 0.674. The lowest BCUT2D eigenvalue weighted by molar-refractivity contribution is 0.730. The summed E-state index contributed by atoms with van der Waals surface area (Å²) >= 11 is 5.65. The van der Waals surface area contributed by atoms with E-state index in [-0.39, 0.29) is 0 Å². The first-order valence-corrected chi connectivity index (χ1v) is 4.25. The highest BCUT2D eigenvalue weighted by molar-refractivity contribution is 6.18. The third kappa shape index (κ3) is 1.56. The molecule has 11 heavy (non-hydrogen) atoms. The van der Waals surface area contributed by atoms with Gasteiger partial charge >= 0.3 is 0 Å². The minimum absolute atomic E-state index is 0.674. The molecule has 0 N–H and O–H groups in total. The molecule has 0 unspecified atom stereocenters. The normalized spacial score (nSPS) is 10.5. The number of aromatic nitrogens is 2. The highest BCUT2D eigenvalue weighted by atomic mass is 35.5. The zero-order chi connectivity index (χ0) is 8.43. The molecule has 0 saturated carbocycles. The summed E-state index contributed by atoms with van der Waals surface area (Å²) in [7, 11) is 1.96. The SMILES string of the molecule is Cc1nn(C)c(C)c1CCCl. The van der Waals surface area contributed by atoms with Gasteiger partial charge in [-0.1, -0.05) is 0 Å². The van der Waals surface area contributed by atoms with Crippen LogP contribution in [0.4, 0.5) is 0 Å². The van der Waals surface area contributed by atoms with Crippen molar-refractivity contribution in [3.8, 4) is 0 Å². The molecular weight excluding hydrogens is 160 g/mol. The summed E-state index contributed by atoms with van der Waals surface area (Å²) in [5.41, 5.74) is 3.62. The molecule has 1 aromatic heterocycles. The van der Waals surface area contributed by atoms with Crippen molar-refractivity contribution in [2.75, 3.05) is 5.88 Å². The van der Waals surface area contributed by atoms with E-state index in [0.29, 0.717) is 5.88 Å². The second-order valence-electron chi connectivity index (χ2n) is 2.71. The Morgan fingerprint density at radius 3 is 2.45 bits per heavy atom. The van der Waals surface area contributed by atoms with Crippen molar-refractivity contribution in [1.29, 1.82) is 0 Å². The van der Waals surface area contributed by atoms with E-state index in [4.69, 9.17) is 11.6 Å². The van der Waals surface area contributed by atoms with Gasteiger partial charge in [-0.05, 0) is 25.8 Å². The fourth-order valence-electron chi connectivity index (χ4n) is 1.27. The highest BCUT2D eigenvalue weighted by Gasteiger charge is 2.07. The molecule has 0 atom stereocenters. The topological polar surface area (TPSA) is 17.8 Å². The maximum absolute atomic E-state index is 5.65. The Hall–Kier alpha value is -0.500. The van der Waals surface area contributed by atoms with Crippen molar-refractivity contribution in [2.24, 2.45) is 7.05 Å². The molecule has 1 heterocycles. The summed E-state index contributed by atoms with van der Waals surface area (Å²) in [6.45, 7) is 4.09. The molecule has 0 spiro atoms. The summed E-state index contributed by atoms with van der Waals surface area (Å²) in [5, 5.41) is 4.29. The number of hydrogen-bond donors (Lipinski definition) is 0. The van der Waals surface area contributed by atoms with E-state index in [2.05, 4.69) is 12.0 Å². The van der Waals surface area contributed by atoms with Gasteiger partial charge in [0.05, 0.1) is 5.69 Å². The van der Waals surface area contributed by atoms with Gasteiger partial charge in [-0.2, -0.15) is 5.10 Å². The van der Waals surface area contributed by atoms with Crippen LogP contribution < -0.4 is 0 Å². The van der Waals surface area contributed by atoms with Crippen molar-refractivity contribution in [3.05, 3.63) is 17.0 Å². The van der Waals surface area contributed by atoms with Gasteiger partial charge in [-0.3, -0.25) is 4.68 Å². The maximum atomic E-state index is 5.65. The van der Waals surface area contributed by atoms with Gasteiger partial charge in [0.25, 0.3) is 0 Å². The maximum Gasteiger partial charge on any atom is 0.0628 e. The van der Waals surface area contributed by atoms with Crippen molar-refractivity contribution >= 4 is 11.6 Å². The summed E-state index contributed by atoms with van der Waals surface area (Å²) in [4.78, 5) is 0. The Labute approximate surface area is 72.2 Å². The van der Waals surface area contributed by atoms with Crippen LogP contribution in [0, 0.1) is 13.8 Å². The third-order valence-electron chi connectivity index (χ3n) is 2.00. The molecule has 2 nitrogen and oxygen atoms in total. The number of rotatable bonds is 2. The average Bonchev–Trinajstić information content (AvgIpc) is 2.17. The van der Waals surface area contributed by atoms with E-state index in [0.717, 1.165) is 12.1 Å². The van der Waals surface area contributed by atoms with Gasteiger partial charge in [0, 0.05) is 18.6 Å². The Morgan fingerprint density at radius 1 is 1.45 bits per heavy atom. The molecule has 0 radical (unpaired) electrons. The van der Waals surface area contributed by atoms with Crippen LogP contribution in [0.3, 0.4) is 0 Å². The van der Waals surface area contributed by atoms with Gasteiger partial charge in [0.1, 0.15) is 0 Å². The van der Waals surface area contributed by atoms with Crippen LogP contribution in [0.15, 0.2) is 0 Å². The molecule has 3 heteroatoms. The third-order valence-corrected chi connectivity index (χ3v) is 2.19. The van der Waals surface area contributed by atoms with Crippen LogP contribution in [0.5, 0.6) is 0 Å². The van der Waals surface area contributed by atoms with E-state index < -0.39 is 0 Å². The number of hydrogen-bond acceptors (Lipinski definition) is 1. The molecule has 0 fully saturated rings. The van der Waals surface area contributed by atoms with E-state index in [1.54, 1.807) is 0 Å². The van der Waals surface area contributed by atoms with E-state index in [1.165, 1.54) is 11.3 Å². The molecule has 0 bridgehead atoms. The zero-order valence-electron chi connectivity index (χ0n) is 7.19. The smallest absolute Gasteiger partial charge is 0.0628 e. The van der Waals surface area contributed by atoms with Crippen LogP contribution in [0.25, 0.3) is 0 Å². The minimum Gasteiger partial charge on any atom is -0.272 e. The first-order valence-electron chi connectivity index (χ1n) is 3.72. The molecule has 1 aromatic rings. The molecule has 0 aromatic carbocycles. The molecule has 0 amide bonds. The summed E-state index contributed by atoms with van der Waals surface area (Å²) in [6, 6.07) is 0. The predicted octanol–water partition coefficient (Wildman–Crippen LogP) is 1.82. The lowest BCUT2D eigenvalue weighted by Crippen LogP contribution is -1.94. The van der Waals surface area contributed by atoms with Gasteiger partial charge in [0.2, 0.25) is 0 Å². The highest BCUT2D eigenvalue weighted by Crippen LogP contribution is 2.12. The monoisotopic (exact) mass is 172 g/mol. The van der Waals surface area contributed by atoms with Crippen molar-refractivity contribution < 1.29 is 0 Å². The molecule has 0 aliphatic carbocycles. The average molecular weight is 173 g/mol. The Balaban J connectivity index is 3.02. The standard InChI is InChI=1S/C8H13ClN2/c1-6-8(4-5-9)7(2)11(3)10-6/h4-5H2,1-3H3. The van der Waals surface area contributed by atoms with Gasteiger partial charge < -0.3 is 0 Å². The largest absolute Gasteiger partial charge is 0.272 e. The van der Waals surface area contributed by atoms with Gasteiger partial charge in [-0.15, -0.1) is 11.6 Å². The van der Waals surface area contributed by atoms with Crippen molar-refractivity contribution in [1.82, 2.24) is 9.78 Å². The lowest BCUT2D eigenvalue weighted by Gasteiger charge is -1.96. The Morgan fingerprint density at radius 2 is 2.09 bits per heavy atom. The summed E-state index contributed by atoms with van der Waals surface area (Å²) in [6.07, 6.45) is 0.924. The van der Waals surface area contributed by atoms with Gasteiger partial charge in [-0.25, -0.2) is 0 Å². The van der Waals surface area contributed by atoms with Crippen LogP contribution >= 0.6 is 11.6 Å². The van der Waals surface area contributed by atoms with Crippen LogP contribution in [-0.2, 0) is 13.5 Å². The second kappa shape index (κ2) is 3.26. The molecular formula is C8H13ClN2. The molecule has 0 aliphatic rings. The van der Waals surface area contributed by atoms with E-state index in [1.807, 2.05) is 18.7 Å². The Kier molecular flexibility index (Phi) is 2.55. The number of aryl methyl sites for hydroxylation is 2. The van der Waals surface area contributed by atoms with Gasteiger partial charge in [0.15, 0.2) is 0 Å². The number of nitrogens with zero attached hydrogens (tertiary/aromatic N) is 2. The zero-order valence-corrected chi connectivity index (χ0v) is 7.94. The molecule has 0 saturated heterocycles. The fourth-order valence-corrected chi connectivity index (χ4v) is 1.46. The number of alkyl halides is 1. The second-order valence-corrected chi connectivity index (χ2v) is 3.09. The molecule has 62 valence electrons. The molecule has 1 rings (SSSR count). The first-order chi connectivity index (χ1) is 5.16. The number of halogens is 1.